The van der Waals surface area contributed by atoms with Crippen molar-refractivity contribution in [3.8, 4) is 28.4 Å². The Hall–Kier alpha value is -5.27. The molecule has 254 valence electrons. The molecular weight excluding hydrogens is 620 g/mol. The molecule has 2 aromatic carbocycles. The number of aromatic nitrogens is 2. The van der Waals surface area contributed by atoms with Gasteiger partial charge in [-0.1, -0.05) is 0 Å². The summed E-state index contributed by atoms with van der Waals surface area (Å²) in [6.45, 7) is 3.05. The Kier molecular flexibility index (Phi) is 9.97. The van der Waals surface area contributed by atoms with E-state index in [1.54, 1.807) is 52.2 Å². The molecule has 4 bridgehead atoms. The lowest BCUT2D eigenvalue weighted by Gasteiger charge is -2.23. The molecule has 3 aromatic rings. The number of nitrogens with zero attached hydrogens (tertiary/aromatic N) is 5. The lowest BCUT2D eigenvalue weighted by molar-refractivity contribution is -0.132. The third-order valence-corrected chi connectivity index (χ3v) is 8.58. The van der Waals surface area contributed by atoms with Crippen LogP contribution in [0.3, 0.4) is 0 Å². The summed E-state index contributed by atoms with van der Waals surface area (Å²) in [6, 6.07) is 9.02. The minimum absolute atomic E-state index is 0.0813. The normalized spacial score (nSPS) is 17.2. The summed E-state index contributed by atoms with van der Waals surface area (Å²) in [5.74, 6) is 0.971. The maximum atomic E-state index is 13.3. The van der Waals surface area contributed by atoms with Crippen molar-refractivity contribution < 1.29 is 38.1 Å². The zero-order chi connectivity index (χ0) is 33.6. The van der Waals surface area contributed by atoms with Gasteiger partial charge >= 0.3 is 6.09 Å². The number of rotatable bonds is 4. The molecule has 3 aliphatic rings. The van der Waals surface area contributed by atoms with Gasteiger partial charge in [0.2, 0.25) is 5.91 Å². The molecule has 14 nitrogen and oxygen atoms in total. The number of carbonyl (C=O) groups excluding carboxylic acids is 4. The highest BCUT2D eigenvalue weighted by molar-refractivity contribution is 5.96. The topological polar surface area (TPSA) is 145 Å². The smallest absolute Gasteiger partial charge is 0.410 e. The predicted octanol–water partition coefficient (Wildman–Crippen LogP) is 2.70. The van der Waals surface area contributed by atoms with Gasteiger partial charge in [0, 0.05) is 56.1 Å². The van der Waals surface area contributed by atoms with Gasteiger partial charge in [-0.25, -0.2) is 9.78 Å². The molecule has 0 unspecified atom stereocenters. The lowest BCUT2D eigenvalue weighted by Crippen LogP contribution is -2.41. The molecule has 1 fully saturated rings. The molecule has 0 atom stereocenters. The minimum Gasteiger partial charge on any atom is -0.496 e. The van der Waals surface area contributed by atoms with Crippen molar-refractivity contribution in [3.63, 3.8) is 0 Å². The Morgan fingerprint density at radius 2 is 1.75 bits per heavy atom. The third kappa shape index (κ3) is 7.32. The van der Waals surface area contributed by atoms with Crippen LogP contribution in [0.4, 0.5) is 4.79 Å². The molecular formula is C34H40N6O8. The van der Waals surface area contributed by atoms with Crippen molar-refractivity contribution in [2.75, 3.05) is 66.2 Å². The zero-order valence-corrected chi connectivity index (χ0v) is 27.2. The lowest BCUT2D eigenvalue weighted by atomic mass is 9.98. The number of imidazole rings is 1. The van der Waals surface area contributed by atoms with Crippen molar-refractivity contribution in [2.45, 2.75) is 25.8 Å². The molecule has 0 aliphatic carbocycles. The summed E-state index contributed by atoms with van der Waals surface area (Å²) in [4.78, 5) is 60.9. The second-order valence-electron chi connectivity index (χ2n) is 12.0. The fourth-order valence-electron chi connectivity index (χ4n) is 6.03. The first kappa shape index (κ1) is 32.7. The molecule has 0 saturated carbocycles. The summed E-state index contributed by atoms with van der Waals surface area (Å²) in [6.07, 6.45) is 4.72. The Bertz CT molecular complexity index is 1690. The molecule has 1 saturated heterocycles. The number of carbonyl (C=O) groups is 4. The van der Waals surface area contributed by atoms with E-state index in [0.717, 1.165) is 11.1 Å². The van der Waals surface area contributed by atoms with E-state index in [2.05, 4.69) is 10.3 Å². The second kappa shape index (κ2) is 14.7. The molecule has 0 radical (unpaired) electrons. The number of fused-ring (bicyclic) bond motifs is 7. The largest absolute Gasteiger partial charge is 0.496 e. The second-order valence-corrected chi connectivity index (χ2v) is 12.0. The van der Waals surface area contributed by atoms with Crippen molar-refractivity contribution in [2.24, 2.45) is 7.05 Å². The maximum absolute atomic E-state index is 13.3. The average Bonchev–Trinajstić information content (AvgIpc) is 3.64. The van der Waals surface area contributed by atoms with Crippen LogP contribution in [0, 0.1) is 0 Å². The Morgan fingerprint density at radius 1 is 0.917 bits per heavy atom. The number of hydrogen-bond acceptors (Lipinski definition) is 9. The van der Waals surface area contributed by atoms with Gasteiger partial charge in [-0.05, 0) is 55.2 Å². The molecule has 1 N–H and O–H groups in total. The SMILES string of the molecule is COc1ccc2cc1-c1cc3c(c(c1)OCCCCN(C(=O)c1cn(C)cn1)CCCNC2=O)OCCN(C(=O)CN1CCOC1=O)C3. The molecule has 48 heavy (non-hydrogen) atoms. The molecule has 6 rings (SSSR count). The summed E-state index contributed by atoms with van der Waals surface area (Å²) in [5.41, 5.74) is 2.95. The summed E-state index contributed by atoms with van der Waals surface area (Å²) in [5, 5.41) is 2.98. The van der Waals surface area contributed by atoms with Gasteiger partial charge in [0.15, 0.2) is 11.5 Å². The van der Waals surface area contributed by atoms with Crippen LogP contribution in [0.25, 0.3) is 11.1 Å². The predicted molar refractivity (Wildman–Crippen MR) is 173 cm³/mol. The number of ether oxygens (including phenoxy) is 4. The Morgan fingerprint density at radius 3 is 2.52 bits per heavy atom. The number of cyclic esters (lactones) is 1. The van der Waals surface area contributed by atoms with Crippen molar-refractivity contribution in [1.29, 1.82) is 0 Å². The fourth-order valence-corrected chi connectivity index (χ4v) is 6.03. The Labute approximate surface area is 278 Å². The maximum Gasteiger partial charge on any atom is 0.410 e. The summed E-state index contributed by atoms with van der Waals surface area (Å²) >= 11 is 0. The van der Waals surface area contributed by atoms with Gasteiger partial charge in [0.05, 0.1) is 33.1 Å². The van der Waals surface area contributed by atoms with Crippen LogP contribution in [0.5, 0.6) is 17.2 Å². The van der Waals surface area contributed by atoms with Crippen molar-refractivity contribution in [3.05, 3.63) is 59.7 Å². The monoisotopic (exact) mass is 660 g/mol. The van der Waals surface area contributed by atoms with E-state index >= 15 is 0 Å². The number of aryl methyl sites for hydroxylation is 1. The van der Waals surface area contributed by atoms with Gasteiger partial charge in [-0.3, -0.25) is 19.3 Å². The van der Waals surface area contributed by atoms with Crippen LogP contribution in [-0.4, -0.2) is 114 Å². The van der Waals surface area contributed by atoms with Crippen LogP contribution >= 0.6 is 0 Å². The number of methoxy groups -OCH3 is 1. The molecule has 4 amide bonds. The summed E-state index contributed by atoms with van der Waals surface area (Å²) in [7, 11) is 3.39. The quantitative estimate of drug-likeness (QED) is 0.447. The van der Waals surface area contributed by atoms with Crippen LogP contribution in [0.2, 0.25) is 0 Å². The molecule has 0 spiro atoms. The highest BCUT2D eigenvalue weighted by atomic mass is 16.6. The first-order valence-electron chi connectivity index (χ1n) is 16.2. The van der Waals surface area contributed by atoms with Crippen molar-refractivity contribution >= 4 is 23.8 Å². The number of benzene rings is 2. The van der Waals surface area contributed by atoms with Gasteiger partial charge in [0.25, 0.3) is 11.8 Å². The van der Waals surface area contributed by atoms with Gasteiger partial charge in [-0.15, -0.1) is 0 Å². The number of nitrogens with one attached hydrogen (secondary N) is 1. The molecule has 4 heterocycles. The first-order valence-corrected chi connectivity index (χ1v) is 16.2. The van der Waals surface area contributed by atoms with Crippen molar-refractivity contribution in [1.82, 2.24) is 29.6 Å². The molecule has 1 aromatic heterocycles. The summed E-state index contributed by atoms with van der Waals surface area (Å²) < 4.78 is 25.0. The van der Waals surface area contributed by atoms with E-state index in [4.69, 9.17) is 18.9 Å². The van der Waals surface area contributed by atoms with Gasteiger partial charge in [-0.2, -0.15) is 0 Å². The van der Waals surface area contributed by atoms with Crippen LogP contribution in [0.1, 0.15) is 45.7 Å². The van der Waals surface area contributed by atoms with Crippen LogP contribution < -0.4 is 19.5 Å². The van der Waals surface area contributed by atoms with E-state index in [1.165, 1.54) is 4.90 Å². The number of hydrogen-bond donors (Lipinski definition) is 1. The van der Waals surface area contributed by atoms with E-state index in [1.807, 2.05) is 19.2 Å². The standard InChI is InChI=1S/C34H40N6O8/c1-37-20-27(36-22-37)33(43)38-9-3-4-13-46-29-18-24(26-17-23(6-7-28(26)45-2)32(42)35-8-5-10-38)16-25-19-39(11-14-47-31(25)29)30(41)21-40-12-15-48-34(40)44/h6-7,16-18,20,22H,3-5,8-15,19,21H2,1-2H3,(H,35,42). The van der Waals surface area contributed by atoms with E-state index in [9.17, 15) is 19.2 Å². The van der Waals surface area contributed by atoms with Crippen LogP contribution in [-0.2, 0) is 23.1 Å². The number of amides is 4. The fraction of sp³-hybridized carbons (Fsp3) is 0.441. The first-order chi connectivity index (χ1) is 23.3. The average molecular weight is 661 g/mol. The third-order valence-electron chi connectivity index (χ3n) is 8.58. The highest BCUT2D eigenvalue weighted by Gasteiger charge is 2.29. The molecule has 3 aliphatic heterocycles. The highest BCUT2D eigenvalue weighted by Crippen LogP contribution is 2.41. The van der Waals surface area contributed by atoms with Gasteiger partial charge < -0.3 is 38.6 Å². The van der Waals surface area contributed by atoms with E-state index in [-0.39, 0.29) is 44.0 Å². The Balaban J connectivity index is 1.30. The van der Waals surface area contributed by atoms with Gasteiger partial charge in [0.1, 0.15) is 31.2 Å². The van der Waals surface area contributed by atoms with Crippen LogP contribution in [0.15, 0.2) is 42.9 Å². The zero-order valence-electron chi connectivity index (χ0n) is 27.2. The van der Waals surface area contributed by atoms with E-state index < -0.39 is 6.09 Å². The molecule has 14 heteroatoms. The van der Waals surface area contributed by atoms with E-state index in [0.29, 0.717) is 92.7 Å². The minimum atomic E-state index is -0.497.